The van der Waals surface area contributed by atoms with Gasteiger partial charge in [-0.15, -0.1) is 0 Å². The van der Waals surface area contributed by atoms with Crippen molar-refractivity contribution in [1.82, 2.24) is 5.32 Å². The van der Waals surface area contributed by atoms with Crippen LogP contribution in [0.4, 0.5) is 8.78 Å². The van der Waals surface area contributed by atoms with Crippen LogP contribution in [-0.2, 0) is 24.4 Å². The molecule has 4 rings (SSSR count). The average Bonchev–Trinajstić information content (AvgIpc) is 2.93. The van der Waals surface area contributed by atoms with Crippen LogP contribution in [0.2, 0.25) is 0 Å². The molecule has 0 aromatic heterocycles. The molecular weight excluding hydrogens is 496 g/mol. The van der Waals surface area contributed by atoms with E-state index in [1.54, 1.807) is 0 Å². The van der Waals surface area contributed by atoms with Crippen molar-refractivity contribution >= 4 is 5.91 Å². The summed E-state index contributed by atoms with van der Waals surface area (Å²) in [5.74, 6) is -0.0980. The lowest BCUT2D eigenvalue weighted by atomic mass is 9.97. The van der Waals surface area contributed by atoms with Crippen LogP contribution in [0, 0.1) is 18.6 Å². The number of ether oxygens (including phenoxy) is 2. The van der Waals surface area contributed by atoms with Crippen LogP contribution < -0.4 is 14.8 Å². The molecule has 0 saturated heterocycles. The van der Waals surface area contributed by atoms with Gasteiger partial charge in [0.25, 0.3) is 0 Å². The Morgan fingerprint density at radius 2 is 1.56 bits per heavy atom. The highest BCUT2D eigenvalue weighted by atomic mass is 19.1. The number of amides is 1. The molecule has 0 saturated carbocycles. The van der Waals surface area contributed by atoms with Crippen molar-refractivity contribution in [3.8, 4) is 22.6 Å². The Bertz CT molecular complexity index is 1410. The summed E-state index contributed by atoms with van der Waals surface area (Å²) in [4.78, 5) is 11.1. The second-order valence-electron chi connectivity index (χ2n) is 9.48. The fourth-order valence-corrected chi connectivity index (χ4v) is 4.40. The van der Waals surface area contributed by atoms with Gasteiger partial charge >= 0.3 is 0 Å². The van der Waals surface area contributed by atoms with Crippen LogP contribution in [0.5, 0.6) is 11.5 Å². The zero-order chi connectivity index (χ0) is 27.6. The molecule has 0 radical (unpaired) electrons. The predicted molar refractivity (Wildman–Crippen MR) is 150 cm³/mol. The van der Waals surface area contributed by atoms with Crippen LogP contribution in [0.3, 0.4) is 0 Å². The second kappa shape index (κ2) is 13.6. The number of carbonyl (C=O) groups excluding carboxylic acids is 1. The van der Waals surface area contributed by atoms with Crippen molar-refractivity contribution in [2.75, 3.05) is 6.54 Å². The molecular formula is C33H33F2NO3. The van der Waals surface area contributed by atoms with Crippen LogP contribution in [0.25, 0.3) is 11.1 Å². The normalized spacial score (nSPS) is 10.8. The van der Waals surface area contributed by atoms with Gasteiger partial charge in [0, 0.05) is 31.2 Å². The standard InChI is InChI=1S/C33H33F2NO3/c1-23-27(12-8-13-31(23)25-9-4-3-5-10-25)21-38-30-17-15-26(11-6-7-18-36-24(2)37)33(20-30)39-22-28-14-16-29(34)19-32(28)35/h3-5,8-10,12-17,19-20H,6-7,11,18,21-22H2,1-2H3,(H,36,37). The molecule has 202 valence electrons. The Labute approximate surface area is 228 Å². The van der Waals surface area contributed by atoms with Gasteiger partial charge in [-0.1, -0.05) is 54.6 Å². The molecule has 4 nitrogen and oxygen atoms in total. The van der Waals surface area contributed by atoms with E-state index in [-0.39, 0.29) is 18.1 Å². The van der Waals surface area contributed by atoms with Gasteiger partial charge in [0.2, 0.25) is 5.91 Å². The smallest absolute Gasteiger partial charge is 0.216 e. The number of hydrogen-bond acceptors (Lipinski definition) is 3. The second-order valence-corrected chi connectivity index (χ2v) is 9.48. The molecule has 0 aliphatic rings. The van der Waals surface area contributed by atoms with E-state index in [1.807, 2.05) is 42.5 Å². The Morgan fingerprint density at radius 3 is 2.33 bits per heavy atom. The maximum absolute atomic E-state index is 14.2. The number of rotatable bonds is 12. The molecule has 1 amide bonds. The maximum Gasteiger partial charge on any atom is 0.216 e. The third kappa shape index (κ3) is 7.90. The number of hydrogen-bond donors (Lipinski definition) is 1. The fourth-order valence-electron chi connectivity index (χ4n) is 4.40. The van der Waals surface area contributed by atoms with Crippen molar-refractivity contribution < 1.29 is 23.0 Å². The minimum absolute atomic E-state index is 0.0350. The highest BCUT2D eigenvalue weighted by molar-refractivity contribution is 5.72. The average molecular weight is 530 g/mol. The summed E-state index contributed by atoms with van der Waals surface area (Å²) in [6.07, 6.45) is 2.38. The summed E-state index contributed by atoms with van der Waals surface area (Å²) in [5, 5.41) is 2.80. The number of nitrogens with one attached hydrogen (secondary N) is 1. The lowest BCUT2D eigenvalue weighted by molar-refractivity contribution is -0.118. The van der Waals surface area contributed by atoms with E-state index < -0.39 is 11.6 Å². The van der Waals surface area contributed by atoms with Gasteiger partial charge in [-0.2, -0.15) is 0 Å². The maximum atomic E-state index is 14.2. The van der Waals surface area contributed by atoms with E-state index in [4.69, 9.17) is 9.47 Å². The first-order valence-electron chi connectivity index (χ1n) is 13.1. The van der Waals surface area contributed by atoms with Crippen LogP contribution in [0.1, 0.15) is 42.0 Å². The number of halogens is 2. The van der Waals surface area contributed by atoms with Gasteiger partial charge in [-0.3, -0.25) is 4.79 Å². The largest absolute Gasteiger partial charge is 0.489 e. The summed E-state index contributed by atoms with van der Waals surface area (Å²) >= 11 is 0. The molecule has 1 N–H and O–H groups in total. The van der Waals surface area contributed by atoms with E-state index in [0.29, 0.717) is 24.7 Å². The zero-order valence-electron chi connectivity index (χ0n) is 22.3. The summed E-state index contributed by atoms with van der Waals surface area (Å²) in [6, 6.07) is 25.6. The van der Waals surface area contributed by atoms with Gasteiger partial charge < -0.3 is 14.8 Å². The van der Waals surface area contributed by atoms with Crippen molar-refractivity contribution in [3.05, 3.63) is 119 Å². The van der Waals surface area contributed by atoms with Gasteiger partial charge in [0.15, 0.2) is 0 Å². The third-order valence-electron chi connectivity index (χ3n) is 6.61. The molecule has 0 atom stereocenters. The Kier molecular flexibility index (Phi) is 9.68. The molecule has 0 aliphatic carbocycles. The first-order valence-corrected chi connectivity index (χ1v) is 13.1. The van der Waals surface area contributed by atoms with Gasteiger partial charge in [-0.05, 0) is 72.2 Å². The topological polar surface area (TPSA) is 47.6 Å². The number of benzene rings is 4. The van der Waals surface area contributed by atoms with Crippen LogP contribution in [-0.4, -0.2) is 12.5 Å². The van der Waals surface area contributed by atoms with E-state index >= 15 is 0 Å². The lowest BCUT2D eigenvalue weighted by Gasteiger charge is -2.16. The highest BCUT2D eigenvalue weighted by Crippen LogP contribution is 2.30. The first-order chi connectivity index (χ1) is 18.9. The van der Waals surface area contributed by atoms with E-state index in [0.717, 1.165) is 53.1 Å². The number of unbranched alkanes of at least 4 members (excludes halogenated alkanes) is 1. The minimum atomic E-state index is -0.645. The molecule has 0 unspecified atom stereocenters. The molecule has 6 heteroatoms. The summed E-state index contributed by atoms with van der Waals surface area (Å²) in [7, 11) is 0. The third-order valence-corrected chi connectivity index (χ3v) is 6.61. The summed E-state index contributed by atoms with van der Waals surface area (Å²) in [5.41, 5.74) is 5.78. The van der Waals surface area contributed by atoms with Crippen LogP contribution >= 0.6 is 0 Å². The molecule has 39 heavy (non-hydrogen) atoms. The Morgan fingerprint density at radius 1 is 0.795 bits per heavy atom. The van der Waals surface area contributed by atoms with Gasteiger partial charge in [0.1, 0.15) is 36.3 Å². The van der Waals surface area contributed by atoms with E-state index in [2.05, 4.69) is 36.5 Å². The highest BCUT2D eigenvalue weighted by Gasteiger charge is 2.11. The van der Waals surface area contributed by atoms with Gasteiger partial charge in [-0.25, -0.2) is 8.78 Å². The van der Waals surface area contributed by atoms with Crippen molar-refractivity contribution in [2.45, 2.75) is 46.3 Å². The van der Waals surface area contributed by atoms with E-state index in [9.17, 15) is 13.6 Å². The molecule has 0 spiro atoms. The number of aryl methyl sites for hydroxylation is 1. The monoisotopic (exact) mass is 529 g/mol. The lowest BCUT2D eigenvalue weighted by Crippen LogP contribution is -2.20. The molecule has 0 fully saturated rings. The molecule has 0 bridgehead atoms. The summed E-state index contributed by atoms with van der Waals surface area (Å²) in [6.45, 7) is 4.55. The summed E-state index contributed by atoms with van der Waals surface area (Å²) < 4.78 is 39.7. The number of carbonyl (C=O) groups is 1. The predicted octanol–water partition coefficient (Wildman–Crippen LogP) is 7.56. The van der Waals surface area contributed by atoms with Gasteiger partial charge in [0.05, 0.1) is 0 Å². The molecule has 4 aromatic carbocycles. The Balaban J connectivity index is 1.48. The zero-order valence-corrected chi connectivity index (χ0v) is 22.3. The quantitative estimate of drug-likeness (QED) is 0.193. The molecule has 0 aliphatic heterocycles. The first kappa shape index (κ1) is 27.8. The molecule has 4 aromatic rings. The minimum Gasteiger partial charge on any atom is -0.489 e. The van der Waals surface area contributed by atoms with Crippen molar-refractivity contribution in [2.24, 2.45) is 0 Å². The fraction of sp³-hybridized carbons (Fsp3) is 0.242. The van der Waals surface area contributed by atoms with Crippen LogP contribution in [0.15, 0.2) is 84.9 Å². The SMILES string of the molecule is CC(=O)NCCCCc1ccc(OCc2cccc(-c3ccccc3)c2C)cc1OCc1ccc(F)cc1F. The van der Waals surface area contributed by atoms with E-state index in [1.165, 1.54) is 19.1 Å². The van der Waals surface area contributed by atoms with Crippen molar-refractivity contribution in [3.63, 3.8) is 0 Å². The Hall–Kier alpha value is -4.19. The molecule has 0 heterocycles. The van der Waals surface area contributed by atoms with Crippen molar-refractivity contribution in [1.29, 1.82) is 0 Å².